The van der Waals surface area contributed by atoms with Crippen molar-refractivity contribution in [2.75, 3.05) is 26.3 Å². The molecular formula is C14H22N2O4. The molecule has 112 valence electrons. The molecule has 1 saturated heterocycles. The van der Waals surface area contributed by atoms with Gasteiger partial charge in [0.1, 0.15) is 0 Å². The Morgan fingerprint density at radius 1 is 1.50 bits per heavy atom. The lowest BCUT2D eigenvalue weighted by Gasteiger charge is -2.34. The summed E-state index contributed by atoms with van der Waals surface area (Å²) in [5.74, 6) is -0.908. The number of carboxylic acids is 1. The third-order valence-corrected chi connectivity index (χ3v) is 3.76. The highest BCUT2D eigenvalue weighted by Gasteiger charge is 2.28. The molecule has 1 aliphatic carbocycles. The van der Waals surface area contributed by atoms with Crippen molar-refractivity contribution in [2.45, 2.75) is 38.1 Å². The molecule has 2 rings (SSSR count). The number of allylic oxidation sites excluding steroid dienone is 1. The van der Waals surface area contributed by atoms with Crippen LogP contribution in [0.25, 0.3) is 0 Å². The fraction of sp³-hybridized carbons (Fsp3) is 0.714. The van der Waals surface area contributed by atoms with Crippen molar-refractivity contribution in [2.24, 2.45) is 0 Å². The molecule has 2 N–H and O–H groups in total. The molecule has 0 saturated carbocycles. The van der Waals surface area contributed by atoms with Gasteiger partial charge in [0.25, 0.3) is 0 Å². The summed E-state index contributed by atoms with van der Waals surface area (Å²) in [6, 6.07) is -0.551. The van der Waals surface area contributed by atoms with Crippen molar-refractivity contribution in [1.82, 2.24) is 10.2 Å². The summed E-state index contributed by atoms with van der Waals surface area (Å²) in [6.07, 6.45) is 6.56. The van der Waals surface area contributed by atoms with E-state index in [1.807, 2.05) is 0 Å². The van der Waals surface area contributed by atoms with E-state index >= 15 is 0 Å². The number of hydrogen-bond acceptors (Lipinski definition) is 3. The molecule has 1 heterocycles. The second-order valence-corrected chi connectivity index (χ2v) is 5.26. The van der Waals surface area contributed by atoms with Crippen molar-refractivity contribution in [3.63, 3.8) is 0 Å². The topological polar surface area (TPSA) is 78.9 Å². The maximum Gasteiger partial charge on any atom is 0.317 e. The van der Waals surface area contributed by atoms with E-state index in [-0.39, 0.29) is 18.5 Å². The minimum atomic E-state index is -0.908. The van der Waals surface area contributed by atoms with Gasteiger partial charge in [-0.2, -0.15) is 0 Å². The predicted molar refractivity (Wildman–Crippen MR) is 73.5 cm³/mol. The molecule has 2 aliphatic rings. The van der Waals surface area contributed by atoms with Crippen LogP contribution in [0.1, 0.15) is 32.1 Å². The van der Waals surface area contributed by atoms with Gasteiger partial charge in [-0.05, 0) is 25.7 Å². The second kappa shape index (κ2) is 7.28. The van der Waals surface area contributed by atoms with Gasteiger partial charge in [0.15, 0.2) is 0 Å². The molecule has 20 heavy (non-hydrogen) atoms. The Morgan fingerprint density at radius 3 is 3.05 bits per heavy atom. The van der Waals surface area contributed by atoms with Crippen molar-refractivity contribution >= 4 is 12.0 Å². The van der Waals surface area contributed by atoms with Crippen LogP contribution < -0.4 is 5.32 Å². The lowest BCUT2D eigenvalue weighted by atomic mass is 10.1. The van der Waals surface area contributed by atoms with Crippen LogP contribution in [0.2, 0.25) is 0 Å². The Labute approximate surface area is 118 Å². The Kier molecular flexibility index (Phi) is 5.40. The van der Waals surface area contributed by atoms with Gasteiger partial charge >= 0.3 is 12.0 Å². The zero-order valence-electron chi connectivity index (χ0n) is 11.6. The minimum absolute atomic E-state index is 0.0709. The number of hydrogen-bond donors (Lipinski definition) is 2. The molecular weight excluding hydrogens is 260 g/mol. The number of rotatable bonds is 5. The van der Waals surface area contributed by atoms with Crippen LogP contribution in [0.5, 0.6) is 0 Å². The fourth-order valence-electron chi connectivity index (χ4n) is 2.69. The Morgan fingerprint density at radius 2 is 2.35 bits per heavy atom. The SMILES string of the molecule is O=C(O)CC1COCCN1C(=O)NCCC1=CCCC1. The van der Waals surface area contributed by atoms with E-state index < -0.39 is 5.97 Å². The first-order chi connectivity index (χ1) is 9.66. The van der Waals surface area contributed by atoms with E-state index in [0.29, 0.717) is 26.3 Å². The van der Waals surface area contributed by atoms with E-state index in [4.69, 9.17) is 9.84 Å². The number of urea groups is 1. The van der Waals surface area contributed by atoms with Crippen LogP contribution in [0.4, 0.5) is 4.79 Å². The summed E-state index contributed by atoms with van der Waals surface area (Å²) in [5.41, 5.74) is 1.41. The predicted octanol–water partition coefficient (Wildman–Crippen LogP) is 1.37. The quantitative estimate of drug-likeness (QED) is 0.747. The zero-order valence-corrected chi connectivity index (χ0v) is 11.6. The Hall–Kier alpha value is -1.56. The van der Waals surface area contributed by atoms with Crippen molar-refractivity contribution < 1.29 is 19.4 Å². The number of nitrogens with one attached hydrogen (secondary N) is 1. The molecule has 1 atom stereocenters. The number of amides is 2. The highest BCUT2D eigenvalue weighted by molar-refractivity contribution is 5.76. The highest BCUT2D eigenvalue weighted by Crippen LogP contribution is 2.19. The molecule has 2 amide bonds. The number of ether oxygens (including phenoxy) is 1. The molecule has 0 spiro atoms. The summed E-state index contributed by atoms with van der Waals surface area (Å²) < 4.78 is 5.26. The fourth-order valence-corrected chi connectivity index (χ4v) is 2.69. The summed E-state index contributed by atoms with van der Waals surface area (Å²) in [7, 11) is 0. The van der Waals surface area contributed by atoms with Crippen LogP contribution in [-0.2, 0) is 9.53 Å². The number of carboxylic acid groups (broad SMARTS) is 1. The first kappa shape index (κ1) is 14.8. The molecule has 6 heteroatoms. The summed E-state index contributed by atoms with van der Waals surface area (Å²) in [6.45, 7) is 1.83. The maximum absolute atomic E-state index is 12.1. The summed E-state index contributed by atoms with van der Waals surface area (Å²) in [4.78, 5) is 24.5. The minimum Gasteiger partial charge on any atom is -0.481 e. The van der Waals surface area contributed by atoms with E-state index in [9.17, 15) is 9.59 Å². The van der Waals surface area contributed by atoms with Gasteiger partial charge in [-0.15, -0.1) is 0 Å². The number of carbonyl (C=O) groups is 2. The average Bonchev–Trinajstić information content (AvgIpc) is 2.91. The molecule has 0 aromatic rings. The molecule has 0 aromatic carbocycles. The standard InChI is InChI=1S/C14H22N2O4/c17-13(18)9-12-10-20-8-7-16(12)14(19)15-6-5-11-3-1-2-4-11/h3,12H,1-2,4-10H2,(H,15,19)(H,17,18). The van der Waals surface area contributed by atoms with Gasteiger partial charge in [-0.25, -0.2) is 4.79 Å². The summed E-state index contributed by atoms with van der Waals surface area (Å²) in [5, 5.41) is 11.7. The van der Waals surface area contributed by atoms with Crippen LogP contribution in [0.3, 0.4) is 0 Å². The molecule has 1 unspecified atom stereocenters. The molecule has 6 nitrogen and oxygen atoms in total. The zero-order chi connectivity index (χ0) is 14.4. The lowest BCUT2D eigenvalue weighted by molar-refractivity contribution is -0.139. The number of aliphatic carboxylic acids is 1. The van der Waals surface area contributed by atoms with Crippen LogP contribution in [-0.4, -0.2) is 54.4 Å². The van der Waals surface area contributed by atoms with Gasteiger partial charge in [0, 0.05) is 13.1 Å². The number of nitrogens with zero attached hydrogens (tertiary/aromatic N) is 1. The van der Waals surface area contributed by atoms with E-state index in [0.717, 1.165) is 19.3 Å². The van der Waals surface area contributed by atoms with Gasteiger partial charge in [-0.1, -0.05) is 11.6 Å². The normalized spacial score (nSPS) is 22.5. The van der Waals surface area contributed by atoms with Crippen molar-refractivity contribution in [3.8, 4) is 0 Å². The lowest BCUT2D eigenvalue weighted by Crippen LogP contribution is -2.53. The second-order valence-electron chi connectivity index (χ2n) is 5.26. The van der Waals surface area contributed by atoms with E-state index in [1.165, 1.54) is 12.0 Å². The third kappa shape index (κ3) is 4.23. The molecule has 1 fully saturated rings. The van der Waals surface area contributed by atoms with Crippen molar-refractivity contribution in [1.29, 1.82) is 0 Å². The van der Waals surface area contributed by atoms with Gasteiger partial charge in [-0.3, -0.25) is 4.79 Å². The number of carbonyl (C=O) groups excluding carboxylic acids is 1. The Balaban J connectivity index is 1.77. The molecule has 0 radical (unpaired) electrons. The highest BCUT2D eigenvalue weighted by atomic mass is 16.5. The smallest absolute Gasteiger partial charge is 0.317 e. The third-order valence-electron chi connectivity index (χ3n) is 3.76. The number of morpholine rings is 1. The van der Waals surface area contributed by atoms with Crippen LogP contribution in [0.15, 0.2) is 11.6 Å². The Bertz CT molecular complexity index is 395. The molecule has 0 aromatic heterocycles. The largest absolute Gasteiger partial charge is 0.481 e. The molecule has 0 bridgehead atoms. The van der Waals surface area contributed by atoms with Gasteiger partial charge in [0.05, 0.1) is 25.7 Å². The first-order valence-electron chi connectivity index (χ1n) is 7.18. The van der Waals surface area contributed by atoms with E-state index in [2.05, 4.69) is 11.4 Å². The maximum atomic E-state index is 12.1. The van der Waals surface area contributed by atoms with Gasteiger partial charge < -0.3 is 20.1 Å². The molecule has 1 aliphatic heterocycles. The van der Waals surface area contributed by atoms with Crippen molar-refractivity contribution in [3.05, 3.63) is 11.6 Å². The van der Waals surface area contributed by atoms with Gasteiger partial charge in [0.2, 0.25) is 0 Å². The van der Waals surface area contributed by atoms with Crippen LogP contribution in [0, 0.1) is 0 Å². The average molecular weight is 282 g/mol. The van der Waals surface area contributed by atoms with Crippen LogP contribution >= 0.6 is 0 Å². The monoisotopic (exact) mass is 282 g/mol. The summed E-state index contributed by atoms with van der Waals surface area (Å²) >= 11 is 0. The first-order valence-corrected chi connectivity index (χ1v) is 7.18. The van der Waals surface area contributed by atoms with E-state index in [1.54, 1.807) is 4.90 Å².